The summed E-state index contributed by atoms with van der Waals surface area (Å²) < 4.78 is 0. The van der Waals surface area contributed by atoms with E-state index < -0.39 is 60.6 Å². The Morgan fingerprint density at radius 2 is 0.957 bits per heavy atom. The molecular weight excluding hydrogens is 370 g/mol. The maximum atomic E-state index is 10.8. The van der Waals surface area contributed by atoms with E-state index in [1.165, 1.54) is 0 Å². The maximum absolute atomic E-state index is 10.8. The van der Waals surface area contributed by atoms with Gasteiger partial charge in [0.05, 0.1) is 18.4 Å². The minimum absolute atomic E-state index is 0. The van der Waals surface area contributed by atoms with Crippen LogP contribution in [0.5, 0.6) is 0 Å². The molecule has 0 heterocycles. The van der Waals surface area contributed by atoms with Gasteiger partial charge in [0.25, 0.3) is 0 Å². The molecule has 0 aliphatic rings. The summed E-state index contributed by atoms with van der Waals surface area (Å²) in [5.74, 6) is -6.70. The van der Waals surface area contributed by atoms with Crippen molar-refractivity contribution in [3.63, 3.8) is 0 Å². The first-order chi connectivity index (χ1) is 8.92. The molecule has 13 heteroatoms. The smallest absolute Gasteiger partial charge is 0.550 e. The van der Waals surface area contributed by atoms with E-state index in [2.05, 4.69) is 0 Å². The van der Waals surface area contributed by atoms with Crippen molar-refractivity contribution in [3.8, 4) is 0 Å². The van der Waals surface area contributed by atoms with Crippen LogP contribution < -0.4 is 34.0 Å². The summed E-state index contributed by atoms with van der Waals surface area (Å²) in [7, 11) is 0. The first kappa shape index (κ1) is 29.4. The number of carboxylic acids is 4. The summed E-state index contributed by atoms with van der Waals surface area (Å²) in [6, 6.07) is 0. The van der Waals surface area contributed by atoms with Gasteiger partial charge >= 0.3 is 31.4 Å². The van der Waals surface area contributed by atoms with Crippen LogP contribution >= 0.6 is 0 Å². The van der Waals surface area contributed by atoms with E-state index in [-0.39, 0.29) is 31.8 Å². The molecule has 0 aliphatic heterocycles. The predicted octanol–water partition coefficient (Wildman–Crippen LogP) is -4.07. The number of nitrogens with two attached hydrogens (primary N) is 2. The number of carboxylic acid groups (broad SMARTS) is 4. The average molecular weight is 390 g/mol. The van der Waals surface area contributed by atoms with Crippen molar-refractivity contribution in [1.82, 2.24) is 12.3 Å². The Kier molecular flexibility index (Phi) is 14.0. The average Bonchev–Trinajstić information content (AvgIpc) is 2.10. The van der Waals surface area contributed by atoms with E-state index in [4.69, 9.17) is 21.7 Å². The molecule has 130 valence electrons. The second kappa shape index (κ2) is 11.0. The first-order valence-electron chi connectivity index (χ1n) is 5.33. The van der Waals surface area contributed by atoms with E-state index in [1.807, 2.05) is 0 Å². The SMILES string of the molecule is N.N.NC(CC(=O)[O-])(CC(=O)[O-])C(N)(CC(=O)O)CC(=O)O.[Zn+2]. The molecule has 0 unspecified atom stereocenters. The fraction of sp³-hybridized carbons (Fsp3) is 0.600. The van der Waals surface area contributed by atoms with Gasteiger partial charge in [-0.05, 0) is 0 Å². The van der Waals surface area contributed by atoms with Crippen LogP contribution in [0.4, 0.5) is 0 Å². The third-order valence-electron chi connectivity index (χ3n) is 2.84. The predicted molar refractivity (Wildman–Crippen MR) is 67.6 cm³/mol. The van der Waals surface area contributed by atoms with Crippen LogP contribution in [-0.2, 0) is 38.7 Å². The number of carbonyl (C=O) groups excluding carboxylic acids is 2. The van der Waals surface area contributed by atoms with Gasteiger partial charge in [-0.25, -0.2) is 0 Å². The molecule has 12 N–H and O–H groups in total. The van der Waals surface area contributed by atoms with Crippen LogP contribution in [0, 0.1) is 0 Å². The summed E-state index contributed by atoms with van der Waals surface area (Å²) in [6.45, 7) is 0. The monoisotopic (exact) mass is 388 g/mol. The van der Waals surface area contributed by atoms with Gasteiger partial charge in [-0.1, -0.05) is 0 Å². The van der Waals surface area contributed by atoms with Gasteiger partial charge in [-0.2, -0.15) is 0 Å². The number of carbonyl (C=O) groups is 4. The molecule has 0 aromatic carbocycles. The quantitative estimate of drug-likeness (QED) is 0.205. The van der Waals surface area contributed by atoms with Gasteiger partial charge in [-0.15, -0.1) is 0 Å². The Morgan fingerprint density at radius 3 is 1.13 bits per heavy atom. The van der Waals surface area contributed by atoms with Crippen molar-refractivity contribution in [1.29, 1.82) is 0 Å². The van der Waals surface area contributed by atoms with Crippen LogP contribution in [0.3, 0.4) is 0 Å². The molecule has 0 atom stereocenters. The van der Waals surface area contributed by atoms with Crippen molar-refractivity contribution in [2.45, 2.75) is 36.8 Å². The molecule has 0 radical (unpaired) electrons. The van der Waals surface area contributed by atoms with Crippen LogP contribution in [-0.4, -0.2) is 45.2 Å². The van der Waals surface area contributed by atoms with Gasteiger partial charge < -0.3 is 53.8 Å². The van der Waals surface area contributed by atoms with E-state index >= 15 is 0 Å². The van der Waals surface area contributed by atoms with Crippen molar-refractivity contribution < 1.29 is 59.1 Å². The van der Waals surface area contributed by atoms with Gasteiger partial charge in [-0.3, -0.25) is 9.59 Å². The fourth-order valence-corrected chi connectivity index (χ4v) is 1.88. The Bertz CT molecular complexity index is 373. The molecule has 0 aromatic rings. The molecule has 0 saturated carbocycles. The molecule has 12 nitrogen and oxygen atoms in total. The summed E-state index contributed by atoms with van der Waals surface area (Å²) in [5, 5.41) is 38.8. The molecule has 23 heavy (non-hydrogen) atoms. The van der Waals surface area contributed by atoms with E-state index in [0.29, 0.717) is 0 Å². The molecule has 0 bridgehead atoms. The van der Waals surface area contributed by atoms with Crippen molar-refractivity contribution in [2.75, 3.05) is 0 Å². The summed E-state index contributed by atoms with van der Waals surface area (Å²) >= 11 is 0. The number of aliphatic carboxylic acids is 4. The minimum atomic E-state index is -2.35. The third kappa shape index (κ3) is 9.16. The zero-order valence-corrected chi connectivity index (χ0v) is 15.4. The number of rotatable bonds is 9. The van der Waals surface area contributed by atoms with Gasteiger partial charge in [0, 0.05) is 30.3 Å². The Hall–Kier alpha value is -1.66. The fourth-order valence-electron chi connectivity index (χ4n) is 1.88. The van der Waals surface area contributed by atoms with Crippen molar-refractivity contribution in [2.24, 2.45) is 11.5 Å². The molecule has 0 aliphatic carbocycles. The molecule has 0 spiro atoms. The number of hydrogen-bond donors (Lipinski definition) is 6. The summed E-state index contributed by atoms with van der Waals surface area (Å²) in [6.07, 6.45) is -4.32. The number of hydrogen-bond acceptors (Lipinski definition) is 10. The van der Waals surface area contributed by atoms with Gasteiger partial charge in [0.1, 0.15) is 0 Å². The van der Waals surface area contributed by atoms with E-state index in [1.54, 1.807) is 0 Å². The topological polar surface area (TPSA) is 277 Å². The zero-order valence-electron chi connectivity index (χ0n) is 12.4. The normalized spacial score (nSPS) is 10.3. The second-order valence-electron chi connectivity index (χ2n) is 4.55. The van der Waals surface area contributed by atoms with Crippen LogP contribution in [0.25, 0.3) is 0 Å². The van der Waals surface area contributed by atoms with Crippen LogP contribution in [0.15, 0.2) is 0 Å². The Labute approximate surface area is 144 Å². The summed E-state index contributed by atoms with van der Waals surface area (Å²) in [4.78, 5) is 42.8. The minimum Gasteiger partial charge on any atom is -0.550 e. The molecule has 0 aromatic heterocycles. The van der Waals surface area contributed by atoms with Gasteiger partial charge in [0.2, 0.25) is 0 Å². The molecule has 0 fully saturated rings. The van der Waals surface area contributed by atoms with Gasteiger partial charge in [0.15, 0.2) is 0 Å². The second-order valence-corrected chi connectivity index (χ2v) is 4.55. The van der Waals surface area contributed by atoms with E-state index in [0.717, 1.165) is 0 Å². The standard InChI is InChI=1S/C10H16N2O8.2H3N.Zn/c11-9(1-5(13)14,2-6(15)16)10(12,3-7(17)18)4-8(19)20;;;/h1-4,11-12H2,(H,13,14)(H,15,16)(H,17,18)(H,19,20);2*1H3;/q;;;+2/p-2. The summed E-state index contributed by atoms with van der Waals surface area (Å²) in [5.41, 5.74) is 6.54. The largest absolute Gasteiger partial charge is 2.00 e. The molecule has 0 rings (SSSR count). The Balaban J connectivity index is -0.000000602. The van der Waals surface area contributed by atoms with Crippen molar-refractivity contribution in [3.05, 3.63) is 0 Å². The molecule has 0 saturated heterocycles. The van der Waals surface area contributed by atoms with Crippen LogP contribution in [0.1, 0.15) is 25.7 Å². The third-order valence-corrected chi connectivity index (χ3v) is 2.84. The van der Waals surface area contributed by atoms with Crippen LogP contribution in [0.2, 0.25) is 0 Å². The maximum Gasteiger partial charge on any atom is 2.00 e. The van der Waals surface area contributed by atoms with E-state index in [9.17, 15) is 29.4 Å². The van der Waals surface area contributed by atoms with Crippen molar-refractivity contribution >= 4 is 23.9 Å². The first-order valence-corrected chi connectivity index (χ1v) is 5.33. The molecular formula is C10H20N4O8Zn. The molecule has 0 amide bonds. The zero-order chi connectivity index (χ0) is 16.1. The Morgan fingerprint density at radius 1 is 0.739 bits per heavy atom.